The quantitative estimate of drug-likeness (QED) is 0.166. The first-order valence-corrected chi connectivity index (χ1v) is 9.75. The van der Waals surface area contributed by atoms with Crippen LogP contribution in [0.25, 0.3) is 0 Å². The molecule has 0 heterocycles. The van der Waals surface area contributed by atoms with Gasteiger partial charge in [-0.3, -0.25) is 4.89 Å². The van der Waals surface area contributed by atoms with Crippen LogP contribution in [0, 0.1) is 5.92 Å². The van der Waals surface area contributed by atoms with Crippen LogP contribution in [-0.4, -0.2) is 5.97 Å². The zero-order valence-corrected chi connectivity index (χ0v) is 15.3. The Morgan fingerprint density at radius 3 is 1.52 bits per heavy atom. The van der Waals surface area contributed by atoms with Gasteiger partial charge in [0.15, 0.2) is 0 Å². The van der Waals surface area contributed by atoms with E-state index in [0.29, 0.717) is 0 Å². The number of unbranched alkanes of at least 4 members (excludes halogenated alkanes) is 11. The zero-order chi connectivity index (χ0) is 17.2. The lowest BCUT2D eigenvalue weighted by atomic mass is 9.94. The van der Waals surface area contributed by atoms with E-state index in [1.54, 1.807) is 0 Å². The standard InChI is InChI=1S/C19H37FO3/c1-3-5-7-9-11-13-15-17-18(19(21)22-23-20)16-14-12-10-8-6-4-2/h18H,3-17H2,1-2H3. The molecule has 138 valence electrons. The van der Waals surface area contributed by atoms with E-state index in [0.717, 1.165) is 38.5 Å². The third kappa shape index (κ3) is 14.7. The lowest BCUT2D eigenvalue weighted by Crippen LogP contribution is -2.17. The van der Waals surface area contributed by atoms with E-state index in [1.807, 2.05) is 0 Å². The predicted octanol–water partition coefficient (Wildman–Crippen LogP) is 6.85. The second-order valence-electron chi connectivity index (χ2n) is 6.63. The summed E-state index contributed by atoms with van der Waals surface area (Å²) in [6.07, 6.45) is 17.2. The highest BCUT2D eigenvalue weighted by Gasteiger charge is 2.20. The van der Waals surface area contributed by atoms with Crippen LogP contribution in [0.15, 0.2) is 0 Å². The van der Waals surface area contributed by atoms with Crippen molar-refractivity contribution in [3.8, 4) is 0 Å². The molecule has 0 radical (unpaired) electrons. The number of rotatable bonds is 17. The number of carbonyl (C=O) groups is 1. The van der Waals surface area contributed by atoms with Crippen LogP contribution in [0.3, 0.4) is 0 Å². The topological polar surface area (TPSA) is 35.5 Å². The fraction of sp³-hybridized carbons (Fsp3) is 0.947. The fourth-order valence-corrected chi connectivity index (χ4v) is 3.00. The highest BCUT2D eigenvalue weighted by molar-refractivity contribution is 5.71. The van der Waals surface area contributed by atoms with Crippen LogP contribution >= 0.6 is 0 Å². The predicted molar refractivity (Wildman–Crippen MR) is 92.4 cm³/mol. The average molecular weight is 332 g/mol. The summed E-state index contributed by atoms with van der Waals surface area (Å²) in [6, 6.07) is 0. The summed E-state index contributed by atoms with van der Waals surface area (Å²) < 4.78 is 11.7. The first-order chi connectivity index (χ1) is 11.3. The first kappa shape index (κ1) is 22.4. The van der Waals surface area contributed by atoms with Crippen molar-refractivity contribution in [1.82, 2.24) is 0 Å². The molecule has 0 aromatic heterocycles. The van der Waals surface area contributed by atoms with Crippen LogP contribution in [-0.2, 0) is 14.8 Å². The summed E-state index contributed by atoms with van der Waals surface area (Å²) in [5, 5.41) is 3.07. The molecular weight excluding hydrogens is 295 g/mol. The Bertz CT molecular complexity index is 259. The molecule has 0 bridgehead atoms. The SMILES string of the molecule is CCCCCCCCCC(CCCCCCCC)C(=O)OOF. The summed E-state index contributed by atoms with van der Waals surface area (Å²) >= 11 is 0. The Morgan fingerprint density at radius 2 is 1.13 bits per heavy atom. The van der Waals surface area contributed by atoms with E-state index in [2.05, 4.69) is 23.8 Å². The lowest BCUT2D eigenvalue weighted by molar-refractivity contribution is -0.401. The van der Waals surface area contributed by atoms with Crippen molar-refractivity contribution >= 4 is 5.97 Å². The first-order valence-electron chi connectivity index (χ1n) is 9.75. The molecule has 0 amide bonds. The third-order valence-corrected chi connectivity index (χ3v) is 4.51. The molecule has 0 aromatic rings. The van der Waals surface area contributed by atoms with E-state index in [-0.39, 0.29) is 5.92 Å². The average Bonchev–Trinajstić information content (AvgIpc) is 2.55. The molecule has 0 saturated heterocycles. The monoisotopic (exact) mass is 332 g/mol. The van der Waals surface area contributed by atoms with E-state index in [1.165, 1.54) is 57.8 Å². The van der Waals surface area contributed by atoms with Gasteiger partial charge in [0.05, 0.1) is 5.92 Å². The van der Waals surface area contributed by atoms with Crippen molar-refractivity contribution in [2.75, 3.05) is 0 Å². The van der Waals surface area contributed by atoms with Gasteiger partial charge in [0.2, 0.25) is 0 Å². The van der Waals surface area contributed by atoms with Crippen molar-refractivity contribution < 1.29 is 19.3 Å². The van der Waals surface area contributed by atoms with Crippen molar-refractivity contribution in [1.29, 1.82) is 0 Å². The minimum Gasteiger partial charge on any atom is -0.265 e. The van der Waals surface area contributed by atoms with Crippen molar-refractivity contribution in [3.05, 3.63) is 0 Å². The van der Waals surface area contributed by atoms with Gasteiger partial charge in [-0.1, -0.05) is 97.3 Å². The molecule has 1 unspecified atom stereocenters. The Hall–Kier alpha value is -0.640. The van der Waals surface area contributed by atoms with Gasteiger partial charge >= 0.3 is 5.97 Å². The second kappa shape index (κ2) is 17.7. The van der Waals surface area contributed by atoms with Crippen molar-refractivity contribution in [2.24, 2.45) is 5.92 Å². The van der Waals surface area contributed by atoms with E-state index in [4.69, 9.17) is 0 Å². The third-order valence-electron chi connectivity index (χ3n) is 4.51. The molecule has 0 aliphatic heterocycles. The molecule has 4 heteroatoms. The summed E-state index contributed by atoms with van der Waals surface area (Å²) in [6.45, 7) is 4.41. The Labute approximate surface area is 142 Å². The van der Waals surface area contributed by atoms with Crippen molar-refractivity contribution in [2.45, 2.75) is 110 Å². The highest BCUT2D eigenvalue weighted by atomic mass is 19.3. The summed E-state index contributed by atoms with van der Waals surface area (Å²) in [5.74, 6) is -0.764. The van der Waals surface area contributed by atoms with E-state index < -0.39 is 5.97 Å². The minimum absolute atomic E-state index is 0.215. The van der Waals surface area contributed by atoms with Gasteiger partial charge in [-0.15, -0.1) is 0 Å². The smallest absolute Gasteiger partial charge is 0.265 e. The largest absolute Gasteiger partial charge is 0.348 e. The summed E-state index contributed by atoms with van der Waals surface area (Å²) in [7, 11) is 0. The summed E-state index contributed by atoms with van der Waals surface area (Å²) in [5.41, 5.74) is 0. The van der Waals surface area contributed by atoms with Gasteiger partial charge in [0.25, 0.3) is 0 Å². The van der Waals surface area contributed by atoms with Crippen LogP contribution in [0.1, 0.15) is 110 Å². The van der Waals surface area contributed by atoms with Crippen molar-refractivity contribution in [3.63, 3.8) is 0 Å². The molecule has 0 spiro atoms. The molecule has 0 aliphatic carbocycles. The number of hydrogen-bond acceptors (Lipinski definition) is 3. The van der Waals surface area contributed by atoms with Crippen LogP contribution in [0.5, 0.6) is 0 Å². The molecule has 0 aromatic carbocycles. The Morgan fingerprint density at radius 1 is 0.739 bits per heavy atom. The van der Waals surface area contributed by atoms with Crippen LogP contribution in [0.2, 0.25) is 0 Å². The maximum Gasteiger partial charge on any atom is 0.348 e. The van der Waals surface area contributed by atoms with Crippen LogP contribution < -0.4 is 0 Å². The van der Waals surface area contributed by atoms with Gasteiger partial charge in [-0.25, -0.2) is 4.79 Å². The normalized spacial score (nSPS) is 12.3. The number of halogens is 1. The molecular formula is C19H37FO3. The maximum atomic E-state index is 11.7. The van der Waals surface area contributed by atoms with Gasteiger partial charge < -0.3 is 0 Å². The Kier molecular flexibility index (Phi) is 17.2. The van der Waals surface area contributed by atoms with Gasteiger partial charge in [0, 0.05) is 5.09 Å². The van der Waals surface area contributed by atoms with E-state index in [9.17, 15) is 9.32 Å². The molecule has 0 rings (SSSR count). The highest BCUT2D eigenvalue weighted by Crippen LogP contribution is 2.21. The van der Waals surface area contributed by atoms with Gasteiger partial charge in [-0.2, -0.15) is 0 Å². The second-order valence-corrected chi connectivity index (χ2v) is 6.63. The van der Waals surface area contributed by atoms with Gasteiger partial charge in [-0.05, 0) is 17.4 Å². The molecule has 1 atom stereocenters. The molecule has 0 fully saturated rings. The summed E-state index contributed by atoms with van der Waals surface area (Å²) in [4.78, 5) is 15.8. The van der Waals surface area contributed by atoms with Crippen LogP contribution in [0.4, 0.5) is 4.53 Å². The molecule has 0 saturated carbocycles. The zero-order valence-electron chi connectivity index (χ0n) is 15.3. The minimum atomic E-state index is -0.549. The molecule has 0 aliphatic rings. The molecule has 23 heavy (non-hydrogen) atoms. The van der Waals surface area contributed by atoms with E-state index >= 15 is 0 Å². The molecule has 3 nitrogen and oxygen atoms in total. The van der Waals surface area contributed by atoms with Gasteiger partial charge in [0.1, 0.15) is 0 Å². The molecule has 0 N–H and O–H groups in total. The Balaban J connectivity index is 3.80. The number of carbonyl (C=O) groups excluding carboxylic acids is 1. The maximum absolute atomic E-state index is 11.7. The number of hydrogen-bond donors (Lipinski definition) is 0. The fourth-order valence-electron chi connectivity index (χ4n) is 3.00. The lowest BCUT2D eigenvalue weighted by Gasteiger charge is -2.13.